The summed E-state index contributed by atoms with van der Waals surface area (Å²) in [6.07, 6.45) is -6.62. The Morgan fingerprint density at radius 1 is 1.10 bits per heavy atom. The number of amides is 1. The summed E-state index contributed by atoms with van der Waals surface area (Å²) in [6.45, 7) is 0. The van der Waals surface area contributed by atoms with Gasteiger partial charge in [0.05, 0.1) is 13.2 Å². The number of ether oxygens (including phenoxy) is 1. The molecule has 2 aliphatic rings. The highest BCUT2D eigenvalue weighted by molar-refractivity contribution is 8.13. The molecular weight excluding hydrogens is 453 g/mol. The van der Waals surface area contributed by atoms with Crippen molar-refractivity contribution in [1.82, 2.24) is 4.90 Å². The number of hydrogen-bond acceptors (Lipinski definition) is 3. The van der Waals surface area contributed by atoms with Crippen LogP contribution in [0, 0.1) is 0 Å². The van der Waals surface area contributed by atoms with Gasteiger partial charge in [0.1, 0.15) is 17.0 Å². The van der Waals surface area contributed by atoms with Crippen LogP contribution in [-0.4, -0.2) is 53.0 Å². The molecule has 3 rings (SSSR count). The van der Waals surface area contributed by atoms with E-state index in [9.17, 15) is 44.3 Å². The first-order valence-corrected chi connectivity index (χ1v) is 9.20. The number of rotatable bonds is 4. The molecule has 0 bridgehead atoms. The standard InChI is InChI=1S/C17H12F9NO2S/c1-29-10-5-3-2-4-8(10)6-9-7-30-13(28)27(9)12-11(16(22,23)24)14(18,19)17(25,26)15(12,20)21/h2-5,9H,6-7H2,1H3. The fourth-order valence-electron chi connectivity index (χ4n) is 3.40. The summed E-state index contributed by atoms with van der Waals surface area (Å²) in [5.41, 5.74) is -5.86. The summed E-state index contributed by atoms with van der Waals surface area (Å²) >= 11 is 0.268. The molecule has 0 spiro atoms. The van der Waals surface area contributed by atoms with Gasteiger partial charge in [0.2, 0.25) is 0 Å². The van der Waals surface area contributed by atoms with Crippen LogP contribution >= 0.6 is 11.8 Å². The van der Waals surface area contributed by atoms with Crippen molar-refractivity contribution in [2.45, 2.75) is 36.4 Å². The molecule has 1 aromatic rings. The van der Waals surface area contributed by atoms with Gasteiger partial charge in [-0.05, 0) is 18.1 Å². The summed E-state index contributed by atoms with van der Waals surface area (Å²) in [4.78, 5) is 11.9. The van der Waals surface area contributed by atoms with Crippen molar-refractivity contribution >= 4 is 17.0 Å². The number of para-hydroxylation sites is 1. The summed E-state index contributed by atoms with van der Waals surface area (Å²) in [5.74, 6) is -18.7. The Balaban J connectivity index is 2.17. The van der Waals surface area contributed by atoms with E-state index in [4.69, 9.17) is 4.74 Å². The van der Waals surface area contributed by atoms with Crippen LogP contribution in [0.2, 0.25) is 0 Å². The van der Waals surface area contributed by atoms with E-state index >= 15 is 0 Å². The van der Waals surface area contributed by atoms with Crippen LogP contribution in [0.15, 0.2) is 35.5 Å². The van der Waals surface area contributed by atoms with Crippen LogP contribution in [0.3, 0.4) is 0 Å². The normalized spacial score (nSPS) is 25.2. The molecule has 30 heavy (non-hydrogen) atoms. The Morgan fingerprint density at radius 3 is 2.27 bits per heavy atom. The van der Waals surface area contributed by atoms with Crippen LogP contribution < -0.4 is 4.74 Å². The lowest BCUT2D eigenvalue weighted by Crippen LogP contribution is -2.52. The van der Waals surface area contributed by atoms with E-state index in [-0.39, 0.29) is 40.1 Å². The Labute approximate surface area is 167 Å². The lowest BCUT2D eigenvalue weighted by molar-refractivity contribution is -0.275. The first-order valence-electron chi connectivity index (χ1n) is 8.21. The smallest absolute Gasteiger partial charge is 0.420 e. The zero-order chi connectivity index (χ0) is 22.7. The van der Waals surface area contributed by atoms with Crippen molar-refractivity contribution in [2.24, 2.45) is 0 Å². The molecule has 1 aliphatic heterocycles. The molecule has 1 atom stereocenters. The van der Waals surface area contributed by atoms with Gasteiger partial charge in [-0.1, -0.05) is 30.0 Å². The van der Waals surface area contributed by atoms with Gasteiger partial charge in [0.15, 0.2) is 0 Å². The number of thioether (sulfide) groups is 1. The predicted molar refractivity (Wildman–Crippen MR) is 88.1 cm³/mol. The van der Waals surface area contributed by atoms with Crippen molar-refractivity contribution in [3.05, 3.63) is 41.1 Å². The topological polar surface area (TPSA) is 29.5 Å². The molecule has 0 radical (unpaired) electrons. The number of methoxy groups -OCH3 is 1. The molecule has 1 heterocycles. The third-order valence-corrected chi connectivity index (χ3v) is 5.77. The average molecular weight is 465 g/mol. The summed E-state index contributed by atoms with van der Waals surface area (Å²) in [6, 6.07) is 4.36. The molecule has 0 aromatic heterocycles. The third kappa shape index (κ3) is 3.12. The van der Waals surface area contributed by atoms with Gasteiger partial charge in [-0.2, -0.15) is 39.5 Å². The minimum atomic E-state index is -6.37. The maximum atomic E-state index is 14.3. The molecule has 166 valence electrons. The van der Waals surface area contributed by atoms with E-state index in [0.717, 1.165) is 0 Å². The molecule has 0 saturated carbocycles. The van der Waals surface area contributed by atoms with Crippen molar-refractivity contribution in [3.63, 3.8) is 0 Å². The minimum absolute atomic E-state index is 0.195. The monoisotopic (exact) mass is 465 g/mol. The van der Waals surface area contributed by atoms with Gasteiger partial charge >= 0.3 is 23.9 Å². The van der Waals surface area contributed by atoms with Crippen molar-refractivity contribution < 1.29 is 49.0 Å². The van der Waals surface area contributed by atoms with Gasteiger partial charge in [-0.25, -0.2) is 0 Å². The Morgan fingerprint density at radius 2 is 1.70 bits per heavy atom. The second-order valence-electron chi connectivity index (χ2n) is 6.56. The number of nitrogens with zero attached hydrogens (tertiary/aromatic N) is 1. The Kier molecular flexibility index (Phi) is 5.27. The number of carbonyl (C=O) groups is 1. The lowest BCUT2D eigenvalue weighted by Gasteiger charge is -2.31. The van der Waals surface area contributed by atoms with Crippen LogP contribution in [0.1, 0.15) is 5.56 Å². The average Bonchev–Trinajstić information content (AvgIpc) is 3.02. The van der Waals surface area contributed by atoms with Crippen LogP contribution in [0.25, 0.3) is 0 Å². The highest BCUT2D eigenvalue weighted by Gasteiger charge is 2.85. The zero-order valence-corrected chi connectivity index (χ0v) is 15.7. The van der Waals surface area contributed by atoms with E-state index in [2.05, 4.69) is 0 Å². The van der Waals surface area contributed by atoms with Gasteiger partial charge in [-0.15, -0.1) is 0 Å². The van der Waals surface area contributed by atoms with Gasteiger partial charge in [-0.3, -0.25) is 9.69 Å². The Bertz CT molecular complexity index is 897. The van der Waals surface area contributed by atoms with E-state index in [1.54, 1.807) is 0 Å². The van der Waals surface area contributed by atoms with Crippen molar-refractivity contribution in [2.75, 3.05) is 12.9 Å². The predicted octanol–water partition coefficient (Wildman–Crippen LogP) is 5.51. The van der Waals surface area contributed by atoms with Gasteiger partial charge in [0.25, 0.3) is 5.24 Å². The first-order chi connectivity index (χ1) is 13.7. The zero-order valence-electron chi connectivity index (χ0n) is 14.9. The van der Waals surface area contributed by atoms with E-state index < -0.39 is 46.5 Å². The SMILES string of the molecule is COc1ccccc1CC1CSC(=O)N1C1=C(C(F)(F)F)C(F)(F)C(F)(F)C1(F)F. The number of halogens is 9. The number of alkyl halides is 9. The second-order valence-corrected chi connectivity index (χ2v) is 7.53. The molecule has 0 N–H and O–H groups in total. The largest absolute Gasteiger partial charge is 0.496 e. The molecule has 1 aromatic carbocycles. The molecule has 1 amide bonds. The molecule has 13 heteroatoms. The number of allylic oxidation sites excluding steroid dienone is 2. The minimum Gasteiger partial charge on any atom is -0.496 e. The van der Waals surface area contributed by atoms with Crippen LogP contribution in [0.4, 0.5) is 44.3 Å². The molecule has 3 nitrogen and oxygen atoms in total. The van der Waals surface area contributed by atoms with E-state index in [0.29, 0.717) is 0 Å². The van der Waals surface area contributed by atoms with Crippen molar-refractivity contribution in [3.8, 4) is 5.75 Å². The van der Waals surface area contributed by atoms with Crippen LogP contribution in [0.5, 0.6) is 5.75 Å². The second kappa shape index (κ2) is 6.99. The molecule has 1 saturated heterocycles. The first kappa shape index (κ1) is 22.6. The van der Waals surface area contributed by atoms with Gasteiger partial charge < -0.3 is 4.74 Å². The quantitative estimate of drug-likeness (QED) is 0.550. The van der Waals surface area contributed by atoms with E-state index in [1.165, 1.54) is 31.4 Å². The lowest BCUT2D eigenvalue weighted by atomic mass is 10.0. The van der Waals surface area contributed by atoms with E-state index in [1.807, 2.05) is 0 Å². The number of hydrogen-bond donors (Lipinski definition) is 0. The summed E-state index contributed by atoms with van der Waals surface area (Å²) in [7, 11) is 1.25. The maximum Gasteiger partial charge on any atom is 0.420 e. The highest BCUT2D eigenvalue weighted by Crippen LogP contribution is 2.64. The molecular formula is C17H12F9NO2S. The fourth-order valence-corrected chi connectivity index (χ4v) is 4.38. The fraction of sp³-hybridized carbons (Fsp3) is 0.471. The summed E-state index contributed by atoms with van der Waals surface area (Å²) in [5, 5.41) is -1.46. The van der Waals surface area contributed by atoms with Crippen LogP contribution in [-0.2, 0) is 6.42 Å². The third-order valence-electron chi connectivity index (χ3n) is 4.77. The molecule has 1 fully saturated rings. The van der Waals surface area contributed by atoms with Crippen molar-refractivity contribution in [1.29, 1.82) is 0 Å². The number of benzene rings is 1. The Hall–Kier alpha value is -2.05. The summed E-state index contributed by atoms with van der Waals surface area (Å²) < 4.78 is 129. The molecule has 1 unspecified atom stereocenters. The molecule has 1 aliphatic carbocycles. The number of carbonyl (C=O) groups excluding carboxylic acids is 1. The highest BCUT2D eigenvalue weighted by atomic mass is 32.2. The maximum absolute atomic E-state index is 14.3. The van der Waals surface area contributed by atoms with Gasteiger partial charge in [0, 0.05) is 5.75 Å².